The molecule has 2 aromatic rings. The summed E-state index contributed by atoms with van der Waals surface area (Å²) < 4.78 is 53.6. The third-order valence-electron chi connectivity index (χ3n) is 24.3. The van der Waals surface area contributed by atoms with Gasteiger partial charge in [-0.15, -0.1) is 0 Å². The molecule has 5 amide bonds. The van der Waals surface area contributed by atoms with Crippen molar-refractivity contribution in [3.63, 3.8) is 0 Å². The number of aliphatic carboxylic acids is 1. The van der Waals surface area contributed by atoms with Gasteiger partial charge in [0.05, 0.1) is 44.4 Å². The number of carbonyl (C=O) groups excluding carboxylic acids is 7. The zero-order chi connectivity index (χ0) is 92.2. The lowest BCUT2D eigenvalue weighted by Gasteiger charge is -2.39. The summed E-state index contributed by atoms with van der Waals surface area (Å²) in [5.41, 5.74) is 10.2. The Morgan fingerprint density at radius 1 is 0.366 bits per heavy atom. The van der Waals surface area contributed by atoms with Crippen LogP contribution in [0.15, 0.2) is 60.7 Å². The molecule has 702 valence electrons. The van der Waals surface area contributed by atoms with Crippen LogP contribution >= 0.6 is 0 Å². The van der Waals surface area contributed by atoms with Crippen molar-refractivity contribution >= 4 is 48.2 Å². The normalized spacial score (nSPS) is 27.5. The predicted octanol–water partition coefficient (Wildman–Crippen LogP) is 17.6. The maximum absolute atomic E-state index is 12.0. The number of rotatable bonds is 13. The van der Waals surface area contributed by atoms with Crippen molar-refractivity contribution in [3.05, 3.63) is 71.8 Å². The van der Waals surface area contributed by atoms with E-state index in [0.717, 1.165) is 142 Å². The van der Waals surface area contributed by atoms with Crippen molar-refractivity contribution in [1.29, 1.82) is 0 Å². The van der Waals surface area contributed by atoms with Gasteiger partial charge in [-0.25, -0.2) is 24.0 Å². The first kappa shape index (κ1) is 107. The average Bonchev–Trinajstić information content (AvgIpc) is 1.74. The van der Waals surface area contributed by atoms with Crippen LogP contribution < -0.4 is 48.7 Å². The number of carboxylic acid groups (broad SMARTS) is 1. The predicted molar refractivity (Wildman–Crippen MR) is 478 cm³/mol. The first-order valence-electron chi connectivity index (χ1n) is 45.3. The molecular formula is C95H163N9O19. The van der Waals surface area contributed by atoms with Gasteiger partial charge in [0.2, 0.25) is 0 Å². The molecule has 0 aromatic heterocycles. The minimum atomic E-state index is -0.703. The van der Waals surface area contributed by atoms with Gasteiger partial charge in [0, 0.05) is 103 Å². The number of amides is 5. The Hall–Kier alpha value is -6.92. The zero-order valence-electron chi connectivity index (χ0n) is 79.6. The fourth-order valence-electron chi connectivity index (χ4n) is 16.2. The second kappa shape index (κ2) is 46.2. The smallest absolute Gasteiger partial charge is 0.408 e. The summed E-state index contributed by atoms with van der Waals surface area (Å²) in [6, 6.07) is 22.5. The Kier molecular flexibility index (Phi) is 40.0. The first-order valence-corrected chi connectivity index (χ1v) is 45.3. The molecule has 2 spiro atoms. The quantitative estimate of drug-likeness (QED) is 0.0658. The largest absolute Gasteiger partial charge is 0.481 e. The van der Waals surface area contributed by atoms with E-state index in [4.69, 9.17) is 63.9 Å². The van der Waals surface area contributed by atoms with Gasteiger partial charge in [0.1, 0.15) is 33.8 Å². The van der Waals surface area contributed by atoms with E-state index < -0.39 is 57.1 Å². The number of esters is 1. The van der Waals surface area contributed by atoms with E-state index in [1.807, 2.05) is 130 Å². The number of benzene rings is 2. The number of hydrogen-bond acceptors (Lipinski definition) is 22. The van der Waals surface area contributed by atoms with Crippen LogP contribution in [0, 0.1) is 10.8 Å². The lowest BCUT2D eigenvalue weighted by Crippen LogP contribution is -2.51. The van der Waals surface area contributed by atoms with Crippen LogP contribution in [-0.4, -0.2) is 178 Å². The molecule has 0 radical (unpaired) electrons. The number of Topliss-reactive ketones (excluding diaryl/α,β-unsaturated/α-hetero) is 1. The van der Waals surface area contributed by atoms with E-state index in [1.165, 1.54) is 18.2 Å². The highest BCUT2D eigenvalue weighted by molar-refractivity contribution is 5.80. The molecule has 0 atom stereocenters. The average molecular weight is 1740 g/mol. The van der Waals surface area contributed by atoms with Gasteiger partial charge in [-0.2, -0.15) is 0 Å². The molecule has 7 saturated carbocycles. The summed E-state index contributed by atoms with van der Waals surface area (Å²) in [5.74, 6) is -1.38. The Morgan fingerprint density at radius 2 is 0.602 bits per heavy atom. The lowest BCUT2D eigenvalue weighted by molar-refractivity contribution is -0.197. The zero-order valence-corrected chi connectivity index (χ0v) is 79.6. The number of carbonyl (C=O) groups is 8. The number of hydrogen-bond donors (Lipinski definition) is 10. The van der Waals surface area contributed by atoms with Gasteiger partial charge in [-0.05, 0) is 305 Å². The van der Waals surface area contributed by atoms with Gasteiger partial charge in [-0.1, -0.05) is 60.7 Å². The fraction of sp³-hybridized carbons (Fsp3) is 0.789. The molecule has 2 aliphatic heterocycles. The molecule has 2 heterocycles. The number of ether oxygens (including phenoxy) is 10. The van der Waals surface area contributed by atoms with E-state index in [1.54, 1.807) is 6.92 Å². The van der Waals surface area contributed by atoms with Gasteiger partial charge >= 0.3 is 42.4 Å². The fourth-order valence-corrected chi connectivity index (χ4v) is 16.2. The van der Waals surface area contributed by atoms with Gasteiger partial charge < -0.3 is 101 Å². The van der Waals surface area contributed by atoms with Crippen molar-refractivity contribution in [2.24, 2.45) is 22.3 Å². The van der Waals surface area contributed by atoms with E-state index >= 15 is 0 Å². The molecule has 28 heteroatoms. The van der Waals surface area contributed by atoms with E-state index in [2.05, 4.69) is 113 Å². The minimum absolute atomic E-state index is 0.115. The molecule has 2 saturated heterocycles. The highest BCUT2D eigenvalue weighted by Gasteiger charge is 2.50. The third kappa shape index (κ3) is 41.2. The Bertz CT molecular complexity index is 3400. The Balaban J connectivity index is 0.000000257. The van der Waals surface area contributed by atoms with Crippen LogP contribution in [0.3, 0.4) is 0 Å². The van der Waals surface area contributed by atoms with Crippen LogP contribution in [0.5, 0.6) is 0 Å². The number of nitrogens with one attached hydrogen (secondary N) is 7. The Morgan fingerprint density at radius 3 is 0.837 bits per heavy atom. The summed E-state index contributed by atoms with van der Waals surface area (Å²) in [6.07, 6.45) is 22.4. The number of alkyl carbamates (subject to hydrolysis) is 5. The molecule has 0 unspecified atom stereocenters. The molecule has 28 nitrogen and oxygen atoms in total. The maximum Gasteiger partial charge on any atom is 0.408 e. The van der Waals surface area contributed by atoms with Crippen molar-refractivity contribution in [2.75, 3.05) is 33.5 Å². The summed E-state index contributed by atoms with van der Waals surface area (Å²) in [7, 11) is 1.44. The number of ketones is 1. The Labute approximate surface area is 737 Å². The van der Waals surface area contributed by atoms with Crippen LogP contribution in [-0.2, 0) is 74.8 Å². The van der Waals surface area contributed by atoms with Gasteiger partial charge in [0.25, 0.3) is 0 Å². The minimum Gasteiger partial charge on any atom is -0.481 e. The van der Waals surface area contributed by atoms with Crippen LogP contribution in [0.1, 0.15) is 343 Å². The number of methoxy groups -OCH3 is 1. The highest BCUT2D eigenvalue weighted by atomic mass is 16.7. The molecule has 0 bridgehead atoms. The second-order valence-electron chi connectivity index (χ2n) is 42.6. The van der Waals surface area contributed by atoms with Crippen molar-refractivity contribution in [1.82, 2.24) is 37.2 Å². The van der Waals surface area contributed by atoms with Crippen LogP contribution in [0.4, 0.5) is 24.0 Å². The third-order valence-corrected chi connectivity index (χ3v) is 24.3. The molecule has 123 heavy (non-hydrogen) atoms. The van der Waals surface area contributed by atoms with Crippen molar-refractivity contribution in [2.45, 2.75) is 437 Å². The molecule has 12 N–H and O–H groups in total. The first-order chi connectivity index (χ1) is 56.8. The lowest BCUT2D eigenvalue weighted by atomic mass is 9.73. The molecule has 7 aliphatic carbocycles. The maximum atomic E-state index is 12.0. The molecular weight excluding hydrogens is 1570 g/mol. The van der Waals surface area contributed by atoms with Crippen LogP contribution in [0.2, 0.25) is 0 Å². The van der Waals surface area contributed by atoms with Crippen molar-refractivity contribution < 1.29 is 90.8 Å². The van der Waals surface area contributed by atoms with Crippen LogP contribution in [0.25, 0.3) is 0 Å². The van der Waals surface area contributed by atoms with E-state index in [0.29, 0.717) is 89.9 Å². The second-order valence-corrected chi connectivity index (χ2v) is 42.6. The number of carboxylic acids is 1. The molecule has 11 rings (SSSR count). The topological polar surface area (TPSA) is 385 Å². The summed E-state index contributed by atoms with van der Waals surface area (Å²) in [6.45, 7) is 46.5. The monoisotopic (exact) mass is 1730 g/mol. The highest BCUT2D eigenvalue weighted by Crippen LogP contribution is 2.47. The van der Waals surface area contributed by atoms with Crippen molar-refractivity contribution in [3.8, 4) is 0 Å². The standard InChI is InChI=1S/2C19H30N2O2.2C12H24N2O2.C12H21NO3.C11H18O4.C10H16O4/c2*1-18(2,3)23-17(22)21-19(4)12-10-16(11-13-19)20-14-15-8-6-5-7-9-15;2*1-11(2,3)16-10(15)14-12(4)7-5-9(13)6-8-12;1-11(2,3)16-10(15)13-12(4)7-5-9(14)6-8-12;1-10(9(12)13-2)3-5-11(6-4-10)14-7-8-15-11;1-9(8(11)12)2-4-10(5-3-9)13-6-7-14-10/h2*5-9,16,20H,10-14H2,1-4H3,(H,21,22);2*9H,5-8,13H2,1-4H3,(H,14,15);5-8H2,1-4H3,(H,13,15);3-8H2,1-2H3;2-7H2,1H3,(H,11,12). The summed E-state index contributed by atoms with van der Waals surface area (Å²) in [5, 5.41) is 31.2. The van der Waals surface area contributed by atoms with E-state index in [9.17, 15) is 38.4 Å². The SMILES string of the molecule is CC1(C(=O)O)CCC2(CC1)OCCO2.CC1(NC(=O)OC(C)(C)C)CCC(=O)CC1.CC1(NC(=O)OC(C)(C)C)CCC(N)CC1.CC1(NC(=O)OC(C)(C)C)CCC(N)CC1.CC1(NC(=O)OC(C)(C)C)CCC(NCc2ccccc2)CC1.CC1(NC(=O)OC(C)(C)C)CCC(NCc2ccccc2)CC1.COC(=O)C1(C)CCC2(CC1)OCCO2. The molecule has 2 aromatic carbocycles. The van der Waals surface area contributed by atoms with Gasteiger partial charge in [0.15, 0.2) is 11.6 Å². The molecule has 9 aliphatic rings. The summed E-state index contributed by atoms with van der Waals surface area (Å²) in [4.78, 5) is 92.6. The van der Waals surface area contributed by atoms with E-state index in [-0.39, 0.29) is 81.3 Å². The van der Waals surface area contributed by atoms with Gasteiger partial charge in [-0.3, -0.25) is 14.4 Å². The number of nitrogens with two attached hydrogens (primary N) is 2. The molecule has 9 fully saturated rings. The summed E-state index contributed by atoms with van der Waals surface area (Å²) >= 11 is 0.